The lowest BCUT2D eigenvalue weighted by Crippen LogP contribution is -2.39. The second-order valence-corrected chi connectivity index (χ2v) is 6.11. The minimum Gasteiger partial charge on any atom is -0.305 e. The number of nitrogens with zero attached hydrogens (tertiary/aromatic N) is 2. The van der Waals surface area contributed by atoms with Crippen LogP contribution in [0, 0.1) is 5.41 Å². The van der Waals surface area contributed by atoms with Crippen molar-refractivity contribution in [3.63, 3.8) is 0 Å². The Hall–Kier alpha value is 0.270. The van der Waals surface area contributed by atoms with Gasteiger partial charge >= 0.3 is 0 Å². The first kappa shape index (κ1) is 12.7. The smallest absolute Gasteiger partial charge is 0.0109 e. The second-order valence-electron chi connectivity index (χ2n) is 5.80. The maximum absolute atomic E-state index is 4.61. The van der Waals surface area contributed by atoms with Crippen molar-refractivity contribution in [2.24, 2.45) is 5.41 Å². The van der Waals surface area contributed by atoms with Gasteiger partial charge in [0.05, 0.1) is 0 Å². The molecule has 0 spiro atoms. The molecule has 0 bridgehead atoms. The first-order valence-electron chi connectivity index (χ1n) is 6.76. The highest BCUT2D eigenvalue weighted by Gasteiger charge is 2.34. The van der Waals surface area contributed by atoms with E-state index in [1.165, 1.54) is 64.8 Å². The minimum atomic E-state index is 0.548. The zero-order valence-electron chi connectivity index (χ0n) is 10.6. The van der Waals surface area contributed by atoms with E-state index in [1.54, 1.807) is 0 Å². The molecule has 1 saturated heterocycles. The van der Waals surface area contributed by atoms with Crippen LogP contribution in [0.3, 0.4) is 0 Å². The molecule has 0 N–H and O–H groups in total. The van der Waals surface area contributed by atoms with Gasteiger partial charge in [-0.3, -0.25) is 0 Å². The molecule has 0 unspecified atom stereocenters. The molecule has 0 atom stereocenters. The number of thiol groups is 1. The maximum Gasteiger partial charge on any atom is 0.0109 e. The summed E-state index contributed by atoms with van der Waals surface area (Å²) in [5.74, 6) is 1.08. The number of hydrogen-bond donors (Lipinski definition) is 1. The molecule has 16 heavy (non-hydrogen) atoms. The topological polar surface area (TPSA) is 6.48 Å². The maximum atomic E-state index is 4.61. The van der Waals surface area contributed by atoms with Crippen molar-refractivity contribution in [3.8, 4) is 0 Å². The molecule has 3 heteroatoms. The molecular weight excluding hydrogens is 216 g/mol. The molecule has 1 aliphatic carbocycles. The van der Waals surface area contributed by atoms with Gasteiger partial charge in [-0.25, -0.2) is 0 Å². The fourth-order valence-electron chi connectivity index (χ4n) is 3.22. The van der Waals surface area contributed by atoms with Crippen LogP contribution in [0.2, 0.25) is 0 Å². The largest absolute Gasteiger partial charge is 0.305 e. The third kappa shape index (κ3) is 3.14. The van der Waals surface area contributed by atoms with Gasteiger partial charge in [-0.15, -0.1) is 0 Å². The Kier molecular flexibility index (Phi) is 4.57. The van der Waals surface area contributed by atoms with E-state index in [2.05, 4.69) is 29.5 Å². The van der Waals surface area contributed by atoms with Gasteiger partial charge in [0, 0.05) is 19.6 Å². The Morgan fingerprint density at radius 3 is 2.44 bits per heavy atom. The first-order valence-corrected chi connectivity index (χ1v) is 7.39. The molecule has 94 valence electrons. The lowest BCUT2D eigenvalue weighted by molar-refractivity contribution is 0.176. The molecule has 1 saturated carbocycles. The van der Waals surface area contributed by atoms with Gasteiger partial charge in [0.1, 0.15) is 0 Å². The summed E-state index contributed by atoms with van der Waals surface area (Å²) in [5, 5.41) is 0. The Labute approximate surface area is 106 Å². The van der Waals surface area contributed by atoms with Crippen molar-refractivity contribution in [1.29, 1.82) is 0 Å². The molecule has 0 amide bonds. The Morgan fingerprint density at radius 1 is 1.00 bits per heavy atom. The summed E-state index contributed by atoms with van der Waals surface area (Å²) < 4.78 is 0. The van der Waals surface area contributed by atoms with Crippen LogP contribution >= 0.6 is 12.6 Å². The number of hydrogen-bond acceptors (Lipinski definition) is 3. The van der Waals surface area contributed by atoms with Crippen LogP contribution in [0.25, 0.3) is 0 Å². The quantitative estimate of drug-likeness (QED) is 0.757. The summed E-state index contributed by atoms with van der Waals surface area (Å²) in [7, 11) is 2.24. The normalized spacial score (nSPS) is 28.1. The SMILES string of the molecule is CN1CCCN(CC2(CS)CCCC2)CC1. The average molecular weight is 242 g/mol. The molecule has 2 fully saturated rings. The lowest BCUT2D eigenvalue weighted by Gasteiger charge is -2.33. The zero-order valence-corrected chi connectivity index (χ0v) is 11.5. The summed E-state index contributed by atoms with van der Waals surface area (Å²) >= 11 is 4.61. The van der Waals surface area contributed by atoms with Crippen molar-refractivity contribution in [3.05, 3.63) is 0 Å². The van der Waals surface area contributed by atoms with E-state index >= 15 is 0 Å². The van der Waals surface area contributed by atoms with E-state index < -0.39 is 0 Å². The second kappa shape index (κ2) is 5.74. The Bertz CT molecular complexity index is 214. The molecule has 0 aromatic carbocycles. The molecule has 1 aliphatic heterocycles. The van der Waals surface area contributed by atoms with Gasteiger partial charge in [0.25, 0.3) is 0 Å². The van der Waals surface area contributed by atoms with Crippen LogP contribution in [0.5, 0.6) is 0 Å². The number of likely N-dealkylation sites (N-methyl/N-ethyl adjacent to an activating group) is 1. The molecule has 0 radical (unpaired) electrons. The third-order valence-electron chi connectivity index (χ3n) is 4.37. The fourth-order valence-corrected chi connectivity index (χ4v) is 3.64. The minimum absolute atomic E-state index is 0.548. The summed E-state index contributed by atoms with van der Waals surface area (Å²) in [6.07, 6.45) is 6.99. The zero-order chi connectivity index (χ0) is 11.4. The summed E-state index contributed by atoms with van der Waals surface area (Å²) in [4.78, 5) is 5.15. The van der Waals surface area contributed by atoms with Gasteiger partial charge in [0.15, 0.2) is 0 Å². The number of rotatable bonds is 3. The van der Waals surface area contributed by atoms with Gasteiger partial charge in [0.2, 0.25) is 0 Å². The van der Waals surface area contributed by atoms with Crippen LogP contribution in [0.1, 0.15) is 32.1 Å². The summed E-state index contributed by atoms with van der Waals surface area (Å²) in [6.45, 7) is 6.35. The van der Waals surface area contributed by atoms with Crippen molar-refractivity contribution < 1.29 is 0 Å². The Balaban J connectivity index is 1.87. The van der Waals surface area contributed by atoms with Crippen LogP contribution in [0.4, 0.5) is 0 Å². The van der Waals surface area contributed by atoms with Crippen molar-refractivity contribution in [2.75, 3.05) is 45.5 Å². The summed E-state index contributed by atoms with van der Waals surface area (Å²) in [6, 6.07) is 0. The molecule has 1 heterocycles. The van der Waals surface area contributed by atoms with Gasteiger partial charge < -0.3 is 9.80 Å². The van der Waals surface area contributed by atoms with Crippen molar-refractivity contribution in [1.82, 2.24) is 9.80 Å². The Morgan fingerprint density at radius 2 is 1.75 bits per heavy atom. The van der Waals surface area contributed by atoms with E-state index in [1.807, 2.05) is 0 Å². The highest BCUT2D eigenvalue weighted by molar-refractivity contribution is 7.80. The standard InChI is InChI=1S/C13H26N2S/c1-14-7-4-8-15(10-9-14)11-13(12-16)5-2-3-6-13/h16H,2-12H2,1H3. The van der Waals surface area contributed by atoms with E-state index in [0.717, 1.165) is 5.75 Å². The van der Waals surface area contributed by atoms with E-state index in [-0.39, 0.29) is 0 Å². The highest BCUT2D eigenvalue weighted by Crippen LogP contribution is 2.39. The molecular formula is C13H26N2S. The van der Waals surface area contributed by atoms with Crippen molar-refractivity contribution >= 4 is 12.6 Å². The molecule has 0 aromatic heterocycles. The summed E-state index contributed by atoms with van der Waals surface area (Å²) in [5.41, 5.74) is 0.548. The molecule has 2 rings (SSSR count). The fraction of sp³-hybridized carbons (Fsp3) is 1.00. The molecule has 2 aliphatic rings. The average Bonchev–Trinajstić information content (AvgIpc) is 2.66. The third-order valence-corrected chi connectivity index (χ3v) is 5.04. The van der Waals surface area contributed by atoms with Gasteiger partial charge in [-0.1, -0.05) is 12.8 Å². The van der Waals surface area contributed by atoms with Crippen LogP contribution in [0.15, 0.2) is 0 Å². The highest BCUT2D eigenvalue weighted by atomic mass is 32.1. The van der Waals surface area contributed by atoms with Gasteiger partial charge in [-0.05, 0) is 50.6 Å². The lowest BCUT2D eigenvalue weighted by atomic mass is 9.88. The van der Waals surface area contributed by atoms with Crippen LogP contribution < -0.4 is 0 Å². The molecule has 0 aromatic rings. The monoisotopic (exact) mass is 242 g/mol. The van der Waals surface area contributed by atoms with E-state index in [4.69, 9.17) is 0 Å². The molecule has 2 nitrogen and oxygen atoms in total. The predicted octanol–water partition coefficient (Wildman–Crippen LogP) is 2.11. The van der Waals surface area contributed by atoms with Crippen molar-refractivity contribution in [2.45, 2.75) is 32.1 Å². The van der Waals surface area contributed by atoms with E-state index in [9.17, 15) is 0 Å². The van der Waals surface area contributed by atoms with Crippen LogP contribution in [-0.4, -0.2) is 55.3 Å². The van der Waals surface area contributed by atoms with E-state index in [0.29, 0.717) is 5.41 Å². The predicted molar refractivity (Wildman–Crippen MR) is 73.3 cm³/mol. The first-order chi connectivity index (χ1) is 7.74. The van der Waals surface area contributed by atoms with Crippen LogP contribution in [-0.2, 0) is 0 Å². The van der Waals surface area contributed by atoms with Gasteiger partial charge in [-0.2, -0.15) is 12.6 Å².